The monoisotopic (exact) mass is 210 g/mol. The molecule has 16 heavy (non-hydrogen) atoms. The van der Waals surface area contributed by atoms with E-state index in [2.05, 4.69) is 23.8 Å². The van der Waals surface area contributed by atoms with Gasteiger partial charge in [-0.25, -0.2) is 0 Å². The van der Waals surface area contributed by atoms with Crippen LogP contribution in [0.3, 0.4) is 0 Å². The molecule has 0 unspecified atom stereocenters. The fraction of sp³-hybridized carbons (Fsp3) is 0.0714. The molecule has 2 rings (SSSR count). The minimum Gasteiger partial charge on any atom is -0.268 e. The zero-order valence-electron chi connectivity index (χ0n) is 9.08. The maximum absolute atomic E-state index is 4.30. The Morgan fingerprint density at radius 3 is 2.81 bits per heavy atom. The van der Waals surface area contributed by atoms with Crippen molar-refractivity contribution in [3.8, 4) is 0 Å². The van der Waals surface area contributed by atoms with Gasteiger partial charge in [-0.05, 0) is 5.56 Å². The first-order chi connectivity index (χ1) is 7.88. The van der Waals surface area contributed by atoms with Gasteiger partial charge in [0, 0.05) is 11.8 Å². The number of nitrogens with zero attached hydrogens (tertiary/aromatic N) is 2. The smallest absolute Gasteiger partial charge is 0.0659 e. The van der Waals surface area contributed by atoms with E-state index in [0.29, 0.717) is 0 Å². The van der Waals surface area contributed by atoms with Crippen LogP contribution in [0.2, 0.25) is 0 Å². The van der Waals surface area contributed by atoms with Crippen LogP contribution in [0.15, 0.2) is 61.5 Å². The molecule has 0 saturated heterocycles. The maximum atomic E-state index is 4.30. The summed E-state index contributed by atoms with van der Waals surface area (Å²) >= 11 is 0. The number of benzene rings is 1. The molecule has 1 aromatic carbocycles. The highest BCUT2D eigenvalue weighted by Gasteiger charge is 1.96. The summed E-state index contributed by atoms with van der Waals surface area (Å²) in [6, 6.07) is 10.3. The fourth-order valence-electron chi connectivity index (χ4n) is 1.50. The predicted octanol–water partition coefficient (Wildman–Crippen LogP) is 3.13. The van der Waals surface area contributed by atoms with E-state index < -0.39 is 0 Å². The summed E-state index contributed by atoms with van der Waals surface area (Å²) in [6.07, 6.45) is 9.52. The van der Waals surface area contributed by atoms with Crippen molar-refractivity contribution in [3.05, 3.63) is 72.6 Å². The topological polar surface area (TPSA) is 17.8 Å². The Balaban J connectivity index is 2.08. The van der Waals surface area contributed by atoms with Gasteiger partial charge < -0.3 is 0 Å². The lowest BCUT2D eigenvalue weighted by Gasteiger charge is -2.00. The van der Waals surface area contributed by atoms with Crippen molar-refractivity contribution < 1.29 is 0 Å². The zero-order chi connectivity index (χ0) is 11.2. The minimum atomic E-state index is 0.808. The second-order valence-corrected chi connectivity index (χ2v) is 3.55. The molecule has 2 heteroatoms. The molecule has 0 saturated carbocycles. The van der Waals surface area contributed by atoms with Crippen molar-refractivity contribution in [2.24, 2.45) is 0 Å². The number of rotatable bonds is 4. The van der Waals surface area contributed by atoms with E-state index in [9.17, 15) is 0 Å². The molecule has 80 valence electrons. The van der Waals surface area contributed by atoms with E-state index in [1.54, 1.807) is 6.08 Å². The van der Waals surface area contributed by atoms with E-state index in [1.165, 1.54) is 5.56 Å². The lowest BCUT2D eigenvalue weighted by atomic mass is 10.2. The molecule has 0 aliphatic carbocycles. The average Bonchev–Trinajstić information content (AvgIpc) is 2.75. The highest BCUT2D eigenvalue weighted by molar-refractivity contribution is 5.48. The van der Waals surface area contributed by atoms with E-state index in [1.807, 2.05) is 47.4 Å². The van der Waals surface area contributed by atoms with Crippen molar-refractivity contribution in [3.63, 3.8) is 0 Å². The van der Waals surface area contributed by atoms with Crippen LogP contribution in [0.5, 0.6) is 0 Å². The van der Waals surface area contributed by atoms with E-state index in [-0.39, 0.29) is 0 Å². The molecule has 2 aromatic rings. The first kappa shape index (κ1) is 10.4. The third kappa shape index (κ3) is 2.70. The van der Waals surface area contributed by atoms with E-state index in [4.69, 9.17) is 0 Å². The van der Waals surface area contributed by atoms with Crippen LogP contribution in [0, 0.1) is 0 Å². The van der Waals surface area contributed by atoms with Crippen LogP contribution in [0.25, 0.3) is 6.08 Å². The summed E-state index contributed by atoms with van der Waals surface area (Å²) in [5.41, 5.74) is 2.35. The minimum absolute atomic E-state index is 0.808. The van der Waals surface area contributed by atoms with Crippen molar-refractivity contribution in [1.82, 2.24) is 9.78 Å². The molecule has 0 atom stereocenters. The van der Waals surface area contributed by atoms with Gasteiger partial charge in [-0.1, -0.05) is 55.1 Å². The number of hydrogen-bond acceptors (Lipinski definition) is 1. The summed E-state index contributed by atoms with van der Waals surface area (Å²) < 4.78 is 1.93. The summed E-state index contributed by atoms with van der Waals surface area (Å²) in [6.45, 7) is 4.44. The molecule has 0 radical (unpaired) electrons. The van der Waals surface area contributed by atoms with Crippen molar-refractivity contribution >= 4 is 6.08 Å². The molecule has 0 amide bonds. The van der Waals surface area contributed by atoms with E-state index >= 15 is 0 Å². The SMILES string of the molecule is C=C/C=C/c1cnn(Cc2ccccc2)c1. The summed E-state index contributed by atoms with van der Waals surface area (Å²) in [5, 5.41) is 4.30. The maximum Gasteiger partial charge on any atom is 0.0659 e. The molecule has 0 aliphatic rings. The Morgan fingerprint density at radius 1 is 1.25 bits per heavy atom. The lowest BCUT2D eigenvalue weighted by molar-refractivity contribution is 0.687. The van der Waals surface area contributed by atoms with Gasteiger partial charge in [-0.15, -0.1) is 0 Å². The Bertz CT molecular complexity index is 480. The third-order valence-corrected chi connectivity index (χ3v) is 2.27. The predicted molar refractivity (Wildman–Crippen MR) is 67.0 cm³/mol. The Morgan fingerprint density at radius 2 is 2.06 bits per heavy atom. The highest BCUT2D eigenvalue weighted by atomic mass is 15.3. The lowest BCUT2D eigenvalue weighted by Crippen LogP contribution is -1.98. The number of aromatic nitrogens is 2. The summed E-state index contributed by atoms with van der Waals surface area (Å²) in [7, 11) is 0. The van der Waals surface area contributed by atoms with Gasteiger partial charge >= 0.3 is 0 Å². The Hall–Kier alpha value is -2.09. The summed E-state index contributed by atoms with van der Waals surface area (Å²) in [4.78, 5) is 0. The second-order valence-electron chi connectivity index (χ2n) is 3.55. The van der Waals surface area contributed by atoms with Gasteiger partial charge in [0.2, 0.25) is 0 Å². The van der Waals surface area contributed by atoms with Gasteiger partial charge in [0.25, 0.3) is 0 Å². The van der Waals surface area contributed by atoms with Crippen LogP contribution in [-0.4, -0.2) is 9.78 Å². The van der Waals surface area contributed by atoms with Crippen LogP contribution >= 0.6 is 0 Å². The van der Waals surface area contributed by atoms with Gasteiger partial charge in [0.15, 0.2) is 0 Å². The highest BCUT2D eigenvalue weighted by Crippen LogP contribution is 2.05. The van der Waals surface area contributed by atoms with Crippen molar-refractivity contribution in [2.45, 2.75) is 6.54 Å². The molecule has 0 spiro atoms. The number of allylic oxidation sites excluding steroid dienone is 2. The second kappa shape index (κ2) is 5.12. The first-order valence-corrected chi connectivity index (χ1v) is 5.24. The van der Waals surface area contributed by atoms with Crippen LogP contribution in [-0.2, 0) is 6.54 Å². The zero-order valence-corrected chi connectivity index (χ0v) is 9.08. The molecule has 1 aromatic heterocycles. The standard InChI is InChI=1S/C14H14N2/c1-2-3-7-14-10-15-16(12-14)11-13-8-5-4-6-9-13/h2-10,12H,1,11H2/b7-3+. The molecule has 0 fully saturated rings. The average molecular weight is 210 g/mol. The molecular formula is C14H14N2. The molecule has 1 heterocycles. The van der Waals surface area contributed by atoms with Crippen molar-refractivity contribution in [2.75, 3.05) is 0 Å². The normalized spacial score (nSPS) is 10.8. The van der Waals surface area contributed by atoms with Gasteiger partial charge in [-0.3, -0.25) is 4.68 Å². The molecule has 0 N–H and O–H groups in total. The van der Waals surface area contributed by atoms with Crippen LogP contribution < -0.4 is 0 Å². The third-order valence-electron chi connectivity index (χ3n) is 2.27. The van der Waals surface area contributed by atoms with Gasteiger partial charge in [0.1, 0.15) is 0 Å². The van der Waals surface area contributed by atoms with Gasteiger partial charge in [-0.2, -0.15) is 5.10 Å². The molecule has 0 bridgehead atoms. The molecule has 2 nitrogen and oxygen atoms in total. The Kier molecular flexibility index (Phi) is 3.34. The van der Waals surface area contributed by atoms with E-state index in [0.717, 1.165) is 12.1 Å². The fourth-order valence-corrected chi connectivity index (χ4v) is 1.50. The molecular weight excluding hydrogens is 196 g/mol. The van der Waals surface area contributed by atoms with Crippen LogP contribution in [0.1, 0.15) is 11.1 Å². The van der Waals surface area contributed by atoms with Crippen LogP contribution in [0.4, 0.5) is 0 Å². The Labute approximate surface area is 95.5 Å². The molecule has 0 aliphatic heterocycles. The van der Waals surface area contributed by atoms with Gasteiger partial charge in [0.05, 0.1) is 12.7 Å². The first-order valence-electron chi connectivity index (χ1n) is 5.24. The summed E-state index contributed by atoms with van der Waals surface area (Å²) in [5.74, 6) is 0. The largest absolute Gasteiger partial charge is 0.268 e. The quantitative estimate of drug-likeness (QED) is 0.709. The number of hydrogen-bond donors (Lipinski definition) is 0. The van der Waals surface area contributed by atoms with Crippen molar-refractivity contribution in [1.29, 1.82) is 0 Å².